The van der Waals surface area contributed by atoms with E-state index in [0.717, 1.165) is 41.8 Å². The first-order chi connectivity index (χ1) is 15.2. The second-order valence-electron chi connectivity index (χ2n) is 8.23. The fourth-order valence-corrected chi connectivity index (χ4v) is 6.30. The lowest BCUT2D eigenvalue weighted by Crippen LogP contribution is -2.71. The fourth-order valence-electron chi connectivity index (χ4n) is 4.41. The van der Waals surface area contributed by atoms with Gasteiger partial charge in [0, 0.05) is 29.5 Å². The Kier molecular flexibility index (Phi) is 6.14. The van der Waals surface area contributed by atoms with Gasteiger partial charge in [0.2, 0.25) is 0 Å². The van der Waals surface area contributed by atoms with Crippen LogP contribution in [0.1, 0.15) is 18.5 Å². The third-order valence-corrected chi connectivity index (χ3v) is 7.92. The number of β-lactam (4-membered cyclic amide) rings is 1. The summed E-state index contributed by atoms with van der Waals surface area (Å²) in [4.78, 5) is 47.7. The van der Waals surface area contributed by atoms with Crippen LogP contribution in [-0.2, 0) is 19.2 Å². The van der Waals surface area contributed by atoms with E-state index in [1.54, 1.807) is 5.38 Å². The molecule has 0 aliphatic carbocycles. The summed E-state index contributed by atoms with van der Waals surface area (Å²) < 4.78 is 0.757. The van der Waals surface area contributed by atoms with Crippen LogP contribution in [0.25, 0.3) is 0 Å². The number of hydrogen-bond donors (Lipinski definition) is 2. The summed E-state index contributed by atoms with van der Waals surface area (Å²) in [6, 6.07) is -0.891. The quantitative estimate of drug-likeness (QED) is 0.212. The number of amides is 2. The van der Waals surface area contributed by atoms with Gasteiger partial charge in [0.15, 0.2) is 10.8 Å². The van der Waals surface area contributed by atoms with E-state index in [0.29, 0.717) is 17.9 Å². The monoisotopic (exact) mass is 480 g/mol. The van der Waals surface area contributed by atoms with Crippen molar-refractivity contribution < 1.29 is 28.8 Å². The summed E-state index contributed by atoms with van der Waals surface area (Å²) in [6.07, 6.45) is 2.21. The van der Waals surface area contributed by atoms with E-state index in [1.165, 1.54) is 23.8 Å². The van der Waals surface area contributed by atoms with Gasteiger partial charge in [-0.1, -0.05) is 5.16 Å². The molecule has 172 valence electrons. The second-order valence-corrected chi connectivity index (χ2v) is 10.2. The summed E-state index contributed by atoms with van der Waals surface area (Å²) in [6.45, 7) is 2.53. The predicted octanol–water partition coefficient (Wildman–Crippen LogP) is -1.28. The largest absolute Gasteiger partial charge is 0.543 e. The number of thioether (sulfide) groups is 1. The van der Waals surface area contributed by atoms with E-state index in [-0.39, 0.29) is 22.2 Å². The van der Waals surface area contributed by atoms with Crippen molar-refractivity contribution in [3.05, 3.63) is 22.3 Å². The van der Waals surface area contributed by atoms with Crippen LogP contribution in [-0.4, -0.2) is 88.8 Å². The highest BCUT2D eigenvalue weighted by Gasteiger charge is 2.53. The van der Waals surface area contributed by atoms with Crippen LogP contribution >= 0.6 is 23.1 Å². The van der Waals surface area contributed by atoms with Gasteiger partial charge < -0.3 is 30.3 Å². The third-order valence-electron chi connectivity index (χ3n) is 5.91. The average Bonchev–Trinajstić information content (AvgIpc) is 3.37. The zero-order chi connectivity index (χ0) is 23.0. The van der Waals surface area contributed by atoms with Gasteiger partial charge in [-0.15, -0.1) is 23.1 Å². The van der Waals surface area contributed by atoms with Gasteiger partial charge in [0.25, 0.3) is 11.8 Å². The molecule has 0 spiro atoms. The summed E-state index contributed by atoms with van der Waals surface area (Å²) in [5.74, 6) is -2.06. The van der Waals surface area contributed by atoms with Crippen molar-refractivity contribution in [3.8, 4) is 0 Å². The molecule has 0 bridgehead atoms. The Balaban J connectivity index is 1.52. The maximum atomic E-state index is 12.9. The third kappa shape index (κ3) is 4.07. The van der Waals surface area contributed by atoms with Crippen molar-refractivity contribution >= 4 is 51.7 Å². The van der Waals surface area contributed by atoms with Crippen LogP contribution in [0.15, 0.2) is 21.8 Å². The minimum absolute atomic E-state index is 0.0615. The number of aliphatic carboxylic acids is 1. The summed E-state index contributed by atoms with van der Waals surface area (Å²) in [5.41, 5.74) is 6.39. The summed E-state index contributed by atoms with van der Waals surface area (Å²) in [5, 5.41) is 19.6. The van der Waals surface area contributed by atoms with Crippen LogP contribution in [0, 0.1) is 0 Å². The van der Waals surface area contributed by atoms with Crippen molar-refractivity contribution in [2.24, 2.45) is 5.16 Å². The molecule has 3 aliphatic heterocycles. The molecule has 2 fully saturated rings. The van der Waals surface area contributed by atoms with E-state index < -0.39 is 29.2 Å². The van der Waals surface area contributed by atoms with Gasteiger partial charge in [-0.05, 0) is 0 Å². The predicted molar refractivity (Wildman–Crippen MR) is 117 cm³/mol. The molecule has 11 nitrogen and oxygen atoms in total. The molecule has 32 heavy (non-hydrogen) atoms. The molecule has 4 rings (SSSR count). The van der Waals surface area contributed by atoms with Gasteiger partial charge in [-0.25, -0.2) is 4.98 Å². The number of likely N-dealkylation sites (N-methyl/N-ethyl adjacent to an activating group) is 1. The van der Waals surface area contributed by atoms with Crippen LogP contribution in [0.5, 0.6) is 0 Å². The van der Waals surface area contributed by atoms with Gasteiger partial charge in [-0.3, -0.25) is 14.5 Å². The van der Waals surface area contributed by atoms with E-state index in [9.17, 15) is 19.5 Å². The molecule has 2 atom stereocenters. The van der Waals surface area contributed by atoms with Gasteiger partial charge >= 0.3 is 0 Å². The number of carbonyl (C=O) groups excluding carboxylic acids is 3. The first kappa shape index (κ1) is 22.6. The molecule has 1 aromatic heterocycles. The number of anilines is 1. The maximum Gasteiger partial charge on any atom is 0.276 e. The molecule has 0 radical (unpaired) electrons. The number of nitrogens with two attached hydrogens (primary N) is 1. The number of oxime groups is 1. The number of quaternary nitrogens is 1. The standard InChI is InChI=1S/C19H24N6O5S2/c1-25(5-3-4-6-25)7-10-8-31-17-13(16(27)24(17)14(10)18(28)29)22-15(26)12(23-30-2)11-9-32-19(20)21-11/h9,13,17H,3-8H2,1-2H3,(H3-,20,21,22,26,28,29). The number of nitrogen functional groups attached to an aromatic ring is 1. The molecule has 2 saturated heterocycles. The van der Waals surface area contributed by atoms with Crippen molar-refractivity contribution in [1.29, 1.82) is 0 Å². The number of hydrogen-bond acceptors (Lipinski definition) is 10. The molecule has 4 heterocycles. The number of fused-ring (bicyclic) bond motifs is 1. The Morgan fingerprint density at radius 2 is 2.16 bits per heavy atom. The number of thiazole rings is 1. The van der Waals surface area contributed by atoms with E-state index in [2.05, 4.69) is 22.5 Å². The Morgan fingerprint density at radius 1 is 1.44 bits per heavy atom. The number of nitrogens with zero attached hydrogens (tertiary/aromatic N) is 4. The van der Waals surface area contributed by atoms with Gasteiger partial charge in [0.1, 0.15) is 30.8 Å². The molecule has 2 amide bonds. The Labute approximate surface area is 192 Å². The molecule has 1 aromatic rings. The molecule has 3 aliphatic rings. The van der Waals surface area contributed by atoms with Crippen molar-refractivity contribution in [2.75, 3.05) is 45.3 Å². The summed E-state index contributed by atoms with van der Waals surface area (Å²) >= 11 is 2.57. The Morgan fingerprint density at radius 3 is 2.75 bits per heavy atom. The number of carbonyl (C=O) groups is 3. The molecule has 3 N–H and O–H groups in total. The molecular weight excluding hydrogens is 456 g/mol. The zero-order valence-electron chi connectivity index (χ0n) is 17.7. The number of carboxylic acids is 1. The molecule has 0 saturated carbocycles. The molecule has 2 unspecified atom stereocenters. The SMILES string of the molecule is CON=C(C(=O)NC1C(=O)N2C(C(=O)[O-])=C(C[N+]3(C)CCCC3)CSC12)c1csc(N)n1. The van der Waals surface area contributed by atoms with Crippen LogP contribution in [0.2, 0.25) is 0 Å². The zero-order valence-corrected chi connectivity index (χ0v) is 19.3. The van der Waals surface area contributed by atoms with Crippen molar-refractivity contribution in [3.63, 3.8) is 0 Å². The van der Waals surface area contributed by atoms with Crippen LogP contribution in [0.3, 0.4) is 0 Å². The lowest BCUT2D eigenvalue weighted by Gasteiger charge is -2.51. The van der Waals surface area contributed by atoms with E-state index >= 15 is 0 Å². The maximum absolute atomic E-state index is 12.9. The smallest absolute Gasteiger partial charge is 0.276 e. The number of aromatic nitrogens is 1. The molecular formula is C19H24N6O5S2. The first-order valence-electron chi connectivity index (χ1n) is 10.1. The Hall–Kier alpha value is -2.64. The minimum Gasteiger partial charge on any atom is -0.543 e. The van der Waals surface area contributed by atoms with Gasteiger partial charge in [-0.2, -0.15) is 0 Å². The van der Waals surface area contributed by atoms with Gasteiger partial charge in [0.05, 0.1) is 31.8 Å². The number of nitrogens with one attached hydrogen (secondary N) is 1. The highest BCUT2D eigenvalue weighted by atomic mass is 32.2. The fraction of sp³-hybridized carbons (Fsp3) is 0.526. The Bertz CT molecular complexity index is 1020. The van der Waals surface area contributed by atoms with Crippen LogP contribution < -0.4 is 16.2 Å². The molecule has 13 heteroatoms. The van der Waals surface area contributed by atoms with Crippen LogP contribution in [0.4, 0.5) is 5.13 Å². The van der Waals surface area contributed by atoms with Crippen molar-refractivity contribution in [1.82, 2.24) is 15.2 Å². The summed E-state index contributed by atoms with van der Waals surface area (Å²) in [7, 11) is 3.39. The number of likely N-dealkylation sites (tertiary alicyclic amines) is 1. The topological polar surface area (TPSA) is 150 Å². The lowest BCUT2D eigenvalue weighted by molar-refractivity contribution is -0.893. The molecule has 0 aromatic carbocycles. The van der Waals surface area contributed by atoms with E-state index in [1.807, 2.05) is 0 Å². The van der Waals surface area contributed by atoms with Crippen molar-refractivity contribution in [2.45, 2.75) is 24.3 Å². The number of carboxylic acid groups (broad SMARTS) is 1. The highest BCUT2D eigenvalue weighted by molar-refractivity contribution is 8.00. The average molecular weight is 481 g/mol. The number of rotatable bonds is 7. The lowest BCUT2D eigenvalue weighted by atomic mass is 10.0. The first-order valence-corrected chi connectivity index (χ1v) is 12.0. The minimum atomic E-state index is -1.37. The normalized spacial score (nSPS) is 24.8. The van der Waals surface area contributed by atoms with E-state index in [4.69, 9.17) is 10.6 Å². The highest BCUT2D eigenvalue weighted by Crippen LogP contribution is 2.41. The second kappa shape index (κ2) is 8.71.